The Morgan fingerprint density at radius 2 is 2.09 bits per heavy atom. The van der Waals surface area contributed by atoms with Crippen LogP contribution in [0.15, 0.2) is 24.3 Å². The maximum Gasteiger partial charge on any atom is 0.326 e. The van der Waals surface area contributed by atoms with E-state index in [1.165, 1.54) is 0 Å². The van der Waals surface area contributed by atoms with Crippen LogP contribution in [0, 0.1) is 11.3 Å². The quantitative estimate of drug-likeness (QED) is 0.704. The Morgan fingerprint density at radius 3 is 2.59 bits per heavy atom. The fraction of sp³-hybridized carbons (Fsp3) is 0.333. The summed E-state index contributed by atoms with van der Waals surface area (Å²) in [6, 6.07) is 6.70. The Kier molecular flexibility index (Phi) is 4.73. The van der Waals surface area contributed by atoms with Gasteiger partial charge >= 0.3 is 5.97 Å². The van der Waals surface area contributed by atoms with E-state index in [1.54, 1.807) is 24.3 Å². The Bertz CT molecular complexity index is 633. The lowest BCUT2D eigenvalue weighted by atomic mass is 10.0. The number of carbonyl (C=O) groups is 3. The minimum absolute atomic E-state index is 0.105. The third kappa shape index (κ3) is 3.82. The van der Waals surface area contributed by atoms with Crippen molar-refractivity contribution in [1.82, 2.24) is 10.6 Å². The molecule has 1 fully saturated rings. The number of hydrogen-bond acceptors (Lipinski definition) is 4. The molecule has 0 spiro atoms. The number of carboxylic acids is 1. The maximum atomic E-state index is 12.0. The topological polar surface area (TPSA) is 119 Å². The summed E-state index contributed by atoms with van der Waals surface area (Å²) in [5.74, 6) is -1.85. The maximum absolute atomic E-state index is 12.0. The number of rotatable bonds is 5. The highest BCUT2D eigenvalue weighted by Crippen LogP contribution is 2.09. The number of hydrogen-bond donors (Lipinski definition) is 3. The molecule has 0 aliphatic carbocycles. The van der Waals surface area contributed by atoms with Gasteiger partial charge in [-0.2, -0.15) is 5.26 Å². The molecular formula is C15H15N3O4. The second-order valence-electron chi connectivity index (χ2n) is 5.07. The summed E-state index contributed by atoms with van der Waals surface area (Å²) in [4.78, 5) is 34.3. The molecule has 1 heterocycles. The van der Waals surface area contributed by atoms with Gasteiger partial charge in [0.1, 0.15) is 12.1 Å². The molecule has 1 aromatic rings. The zero-order chi connectivity index (χ0) is 16.1. The minimum atomic E-state index is -1.15. The van der Waals surface area contributed by atoms with E-state index in [4.69, 9.17) is 5.26 Å². The number of carboxylic acid groups (broad SMARTS) is 1. The molecule has 7 nitrogen and oxygen atoms in total. The molecule has 0 bridgehead atoms. The molecule has 2 amide bonds. The van der Waals surface area contributed by atoms with Crippen LogP contribution in [0.2, 0.25) is 0 Å². The molecule has 0 aromatic heterocycles. The van der Waals surface area contributed by atoms with E-state index in [-0.39, 0.29) is 18.7 Å². The van der Waals surface area contributed by atoms with Crippen molar-refractivity contribution in [3.8, 4) is 6.07 Å². The van der Waals surface area contributed by atoms with Crippen molar-refractivity contribution in [3.63, 3.8) is 0 Å². The van der Waals surface area contributed by atoms with Gasteiger partial charge in [0.15, 0.2) is 0 Å². The van der Waals surface area contributed by atoms with Gasteiger partial charge in [-0.1, -0.05) is 12.1 Å². The fourth-order valence-electron chi connectivity index (χ4n) is 2.23. The molecule has 1 saturated heterocycles. The van der Waals surface area contributed by atoms with E-state index in [1.807, 2.05) is 6.07 Å². The van der Waals surface area contributed by atoms with Crippen molar-refractivity contribution in [2.45, 2.75) is 31.3 Å². The van der Waals surface area contributed by atoms with Gasteiger partial charge in [0, 0.05) is 12.8 Å². The van der Waals surface area contributed by atoms with Crippen molar-refractivity contribution in [2.75, 3.05) is 0 Å². The number of nitriles is 1. The van der Waals surface area contributed by atoms with Crippen LogP contribution in [0.1, 0.15) is 24.0 Å². The predicted octanol–water partition coefficient (Wildman–Crippen LogP) is -0.0512. The number of nitrogens with one attached hydrogen (secondary N) is 2. The van der Waals surface area contributed by atoms with Crippen LogP contribution in [0.3, 0.4) is 0 Å². The summed E-state index contributed by atoms with van der Waals surface area (Å²) in [6.07, 6.45) is 0.743. The highest BCUT2D eigenvalue weighted by atomic mass is 16.4. The Balaban J connectivity index is 2.00. The molecule has 2 rings (SSSR count). The third-order valence-corrected chi connectivity index (χ3v) is 3.45. The lowest BCUT2D eigenvalue weighted by Crippen LogP contribution is -2.49. The Morgan fingerprint density at radius 1 is 1.41 bits per heavy atom. The minimum Gasteiger partial charge on any atom is -0.480 e. The van der Waals surface area contributed by atoms with Gasteiger partial charge in [0.2, 0.25) is 11.8 Å². The highest BCUT2D eigenvalue weighted by Gasteiger charge is 2.30. The van der Waals surface area contributed by atoms with Gasteiger partial charge in [-0.25, -0.2) is 4.79 Å². The van der Waals surface area contributed by atoms with E-state index < -0.39 is 24.0 Å². The number of benzene rings is 1. The molecule has 1 aliphatic heterocycles. The summed E-state index contributed by atoms with van der Waals surface area (Å²) in [7, 11) is 0. The average molecular weight is 301 g/mol. The number of amides is 2. The van der Waals surface area contributed by atoms with Crippen LogP contribution in [-0.4, -0.2) is 35.0 Å². The van der Waals surface area contributed by atoms with Crippen molar-refractivity contribution >= 4 is 17.8 Å². The van der Waals surface area contributed by atoms with E-state index in [0.29, 0.717) is 17.5 Å². The van der Waals surface area contributed by atoms with Crippen LogP contribution < -0.4 is 10.6 Å². The van der Waals surface area contributed by atoms with Gasteiger partial charge in [-0.05, 0) is 24.1 Å². The summed E-state index contributed by atoms with van der Waals surface area (Å²) >= 11 is 0. The Labute approximate surface area is 126 Å². The zero-order valence-electron chi connectivity index (χ0n) is 11.7. The summed E-state index contributed by atoms with van der Waals surface area (Å²) < 4.78 is 0. The van der Waals surface area contributed by atoms with Gasteiger partial charge in [0.05, 0.1) is 11.6 Å². The monoisotopic (exact) mass is 301 g/mol. The first-order valence-electron chi connectivity index (χ1n) is 6.81. The van der Waals surface area contributed by atoms with Crippen LogP contribution in [0.5, 0.6) is 0 Å². The molecule has 0 radical (unpaired) electrons. The smallest absolute Gasteiger partial charge is 0.326 e. The first-order valence-corrected chi connectivity index (χ1v) is 6.81. The second-order valence-corrected chi connectivity index (χ2v) is 5.07. The van der Waals surface area contributed by atoms with Gasteiger partial charge in [0.25, 0.3) is 0 Å². The number of aliphatic carboxylic acids is 1. The van der Waals surface area contributed by atoms with Crippen molar-refractivity contribution < 1.29 is 19.5 Å². The first-order chi connectivity index (χ1) is 10.5. The molecule has 3 N–H and O–H groups in total. The molecule has 0 saturated carbocycles. The molecule has 2 atom stereocenters. The van der Waals surface area contributed by atoms with Gasteiger partial charge in [-0.15, -0.1) is 0 Å². The van der Waals surface area contributed by atoms with Crippen LogP contribution in [-0.2, 0) is 20.8 Å². The van der Waals surface area contributed by atoms with Crippen molar-refractivity contribution in [2.24, 2.45) is 0 Å². The molecule has 1 aromatic carbocycles. The van der Waals surface area contributed by atoms with Crippen LogP contribution >= 0.6 is 0 Å². The van der Waals surface area contributed by atoms with E-state index in [0.717, 1.165) is 0 Å². The Hall–Kier alpha value is -2.88. The molecular weight excluding hydrogens is 286 g/mol. The largest absolute Gasteiger partial charge is 0.480 e. The SMILES string of the molecule is N#Cc1ccc(C[C@@H](NC(=O)[C@H]2CCC(=O)N2)C(=O)O)cc1. The molecule has 22 heavy (non-hydrogen) atoms. The van der Waals surface area contributed by atoms with Gasteiger partial charge < -0.3 is 15.7 Å². The lowest BCUT2D eigenvalue weighted by Gasteiger charge is -2.17. The summed E-state index contributed by atoms with van der Waals surface area (Å²) in [6.45, 7) is 0. The van der Waals surface area contributed by atoms with Crippen LogP contribution in [0.25, 0.3) is 0 Å². The summed E-state index contributed by atoms with van der Waals surface area (Å²) in [5.41, 5.74) is 1.18. The number of nitrogens with zero attached hydrogens (tertiary/aromatic N) is 1. The van der Waals surface area contributed by atoms with E-state index in [9.17, 15) is 19.5 Å². The fourth-order valence-corrected chi connectivity index (χ4v) is 2.23. The average Bonchev–Trinajstić information content (AvgIpc) is 2.94. The molecule has 0 unspecified atom stereocenters. The van der Waals surface area contributed by atoms with E-state index in [2.05, 4.69) is 10.6 Å². The standard InChI is InChI=1S/C15H15N3O4/c16-8-10-3-1-9(2-4-10)7-12(15(21)22)18-14(20)11-5-6-13(19)17-11/h1-4,11-12H,5-7H2,(H,17,19)(H,18,20)(H,21,22)/t11-,12-/m1/s1. The van der Waals surface area contributed by atoms with Crippen molar-refractivity contribution in [3.05, 3.63) is 35.4 Å². The molecule has 7 heteroatoms. The normalized spacial score (nSPS) is 18.1. The molecule has 114 valence electrons. The number of carbonyl (C=O) groups excluding carboxylic acids is 2. The van der Waals surface area contributed by atoms with Crippen molar-refractivity contribution in [1.29, 1.82) is 5.26 Å². The van der Waals surface area contributed by atoms with Crippen LogP contribution in [0.4, 0.5) is 0 Å². The predicted molar refractivity (Wildman–Crippen MR) is 75.6 cm³/mol. The second kappa shape index (κ2) is 6.72. The zero-order valence-corrected chi connectivity index (χ0v) is 11.7. The van der Waals surface area contributed by atoms with E-state index >= 15 is 0 Å². The third-order valence-electron chi connectivity index (χ3n) is 3.45. The highest BCUT2D eigenvalue weighted by molar-refractivity contribution is 5.92. The summed E-state index contributed by atoms with van der Waals surface area (Å²) in [5, 5.41) is 22.9. The van der Waals surface area contributed by atoms with Gasteiger partial charge in [-0.3, -0.25) is 9.59 Å². The molecule has 1 aliphatic rings. The lowest BCUT2D eigenvalue weighted by molar-refractivity contribution is -0.142. The first kappa shape index (κ1) is 15.5.